The average Bonchev–Trinajstić information content (AvgIpc) is 2.88. The van der Waals surface area contributed by atoms with Gasteiger partial charge in [0, 0.05) is 51.4 Å². The Labute approximate surface area is 226 Å². The largest absolute Gasteiger partial charge is 0.397 e. The highest BCUT2D eigenvalue weighted by molar-refractivity contribution is 9.11. The number of nitrogens with one attached hydrogen (secondary N) is 2. The number of amides is 2. The Balaban J connectivity index is 1.36. The minimum atomic E-state index is -0.342. The summed E-state index contributed by atoms with van der Waals surface area (Å²) in [6.07, 6.45) is 1.92. The third-order valence-electron chi connectivity index (χ3n) is 6.13. The number of hydrogen-bond acceptors (Lipinski definition) is 5. The van der Waals surface area contributed by atoms with Crippen LogP contribution in [0.1, 0.15) is 5.69 Å². The van der Waals surface area contributed by atoms with Crippen molar-refractivity contribution in [2.75, 3.05) is 42.7 Å². The predicted molar refractivity (Wildman–Crippen MR) is 152 cm³/mol. The van der Waals surface area contributed by atoms with Gasteiger partial charge in [0.1, 0.15) is 0 Å². The predicted octanol–water partition coefficient (Wildman–Crippen LogP) is 6.49. The van der Waals surface area contributed by atoms with Gasteiger partial charge in [0.15, 0.2) is 0 Å². The van der Waals surface area contributed by atoms with Gasteiger partial charge in [0.05, 0.1) is 30.3 Å². The van der Waals surface area contributed by atoms with E-state index >= 15 is 0 Å². The van der Waals surface area contributed by atoms with E-state index in [9.17, 15) is 4.79 Å². The zero-order chi connectivity index (χ0) is 25.1. The lowest BCUT2D eigenvalue weighted by Gasteiger charge is -2.26. The van der Waals surface area contributed by atoms with Gasteiger partial charge in [-0.3, -0.25) is 9.88 Å². The normalized spacial score (nSPS) is 14.1. The van der Waals surface area contributed by atoms with Gasteiger partial charge in [0.2, 0.25) is 0 Å². The van der Waals surface area contributed by atoms with Crippen LogP contribution in [0.4, 0.5) is 21.9 Å². The minimum absolute atomic E-state index is 0.342. The van der Waals surface area contributed by atoms with E-state index in [-0.39, 0.29) is 6.03 Å². The molecule has 1 saturated heterocycles. The number of pyridine rings is 1. The quantitative estimate of drug-likeness (QED) is 0.225. The number of halogens is 2. The number of benzene rings is 3. The van der Waals surface area contributed by atoms with E-state index in [0.717, 1.165) is 66.1 Å². The van der Waals surface area contributed by atoms with Crippen molar-refractivity contribution >= 4 is 65.7 Å². The lowest BCUT2D eigenvalue weighted by molar-refractivity contribution is 0.0336. The minimum Gasteiger partial charge on any atom is -0.397 e. The van der Waals surface area contributed by atoms with Crippen molar-refractivity contribution in [1.29, 1.82) is 0 Å². The Bertz CT molecular complexity index is 1380. The fraction of sp³-hybridized carbons (Fsp3) is 0.185. The molecule has 0 bridgehead atoms. The number of anilines is 3. The Kier molecular flexibility index (Phi) is 7.52. The Morgan fingerprint density at radius 2 is 1.69 bits per heavy atom. The van der Waals surface area contributed by atoms with Crippen LogP contribution >= 0.6 is 31.9 Å². The monoisotopic (exact) mass is 609 g/mol. The van der Waals surface area contributed by atoms with E-state index in [1.54, 1.807) is 12.1 Å². The first kappa shape index (κ1) is 24.7. The van der Waals surface area contributed by atoms with Gasteiger partial charge in [0.25, 0.3) is 0 Å². The van der Waals surface area contributed by atoms with E-state index < -0.39 is 0 Å². The molecule has 4 N–H and O–H groups in total. The summed E-state index contributed by atoms with van der Waals surface area (Å²) in [4.78, 5) is 19.9. The van der Waals surface area contributed by atoms with Crippen LogP contribution < -0.4 is 16.4 Å². The van der Waals surface area contributed by atoms with Crippen LogP contribution in [-0.4, -0.2) is 42.2 Å². The number of urea groups is 1. The van der Waals surface area contributed by atoms with E-state index in [1.807, 2.05) is 36.5 Å². The molecule has 184 valence electrons. The van der Waals surface area contributed by atoms with Gasteiger partial charge in [-0.1, -0.05) is 36.4 Å². The SMILES string of the molecule is Nc1c(Br)cc(NC(=O)Nc2ccc(-c3ccc(CN4CCOCC4)nc3)c3ccccc23)cc1Br. The molecule has 1 aromatic heterocycles. The van der Waals surface area contributed by atoms with Crippen molar-refractivity contribution < 1.29 is 9.53 Å². The number of fused-ring (bicyclic) bond motifs is 1. The first-order valence-electron chi connectivity index (χ1n) is 11.6. The van der Waals surface area contributed by atoms with Gasteiger partial charge in [-0.25, -0.2) is 4.79 Å². The van der Waals surface area contributed by atoms with Crippen LogP contribution in [-0.2, 0) is 11.3 Å². The van der Waals surface area contributed by atoms with Crippen molar-refractivity contribution in [3.63, 3.8) is 0 Å². The van der Waals surface area contributed by atoms with Crippen molar-refractivity contribution in [2.24, 2.45) is 0 Å². The summed E-state index contributed by atoms with van der Waals surface area (Å²) in [6.45, 7) is 4.24. The standard InChI is InChI=1S/C27H25Br2N5O2/c28-23-13-19(14-24(29)26(23)30)32-27(35)33-25-8-7-20(21-3-1-2-4-22(21)25)17-5-6-18(31-15-17)16-34-9-11-36-12-10-34/h1-8,13-15H,9-12,16,30H2,(H2,32,33,35). The molecule has 1 aliphatic rings. The average molecular weight is 611 g/mol. The molecule has 3 aromatic carbocycles. The molecule has 1 fully saturated rings. The van der Waals surface area contributed by atoms with Gasteiger partial charge >= 0.3 is 6.03 Å². The number of ether oxygens (including phenoxy) is 1. The first-order chi connectivity index (χ1) is 17.5. The molecule has 4 aromatic rings. The maximum absolute atomic E-state index is 12.8. The molecule has 1 aliphatic heterocycles. The smallest absolute Gasteiger partial charge is 0.323 e. The molecule has 9 heteroatoms. The summed E-state index contributed by atoms with van der Waals surface area (Å²) in [5.74, 6) is 0. The van der Waals surface area contributed by atoms with Gasteiger partial charge in [-0.05, 0) is 67.1 Å². The number of carbonyl (C=O) groups is 1. The zero-order valence-corrected chi connectivity index (χ0v) is 22.6. The lowest BCUT2D eigenvalue weighted by Crippen LogP contribution is -2.35. The van der Waals surface area contributed by atoms with Crippen molar-refractivity contribution in [3.05, 3.63) is 81.5 Å². The fourth-order valence-corrected chi connectivity index (χ4v) is 5.45. The summed E-state index contributed by atoms with van der Waals surface area (Å²) in [5, 5.41) is 7.82. The number of nitrogen functional groups attached to an aromatic ring is 1. The van der Waals surface area contributed by atoms with Crippen molar-refractivity contribution in [3.8, 4) is 11.1 Å². The summed E-state index contributed by atoms with van der Waals surface area (Å²) in [5.41, 5.74) is 11.0. The third-order valence-corrected chi connectivity index (χ3v) is 7.45. The second-order valence-corrected chi connectivity index (χ2v) is 10.3. The Hall–Kier alpha value is -2.98. The summed E-state index contributed by atoms with van der Waals surface area (Å²) < 4.78 is 6.83. The van der Waals surface area contributed by atoms with E-state index in [1.165, 1.54) is 0 Å². The first-order valence-corrected chi connectivity index (χ1v) is 13.2. The second kappa shape index (κ2) is 11.0. The molecule has 0 spiro atoms. The van der Waals surface area contributed by atoms with Crippen molar-refractivity contribution in [1.82, 2.24) is 9.88 Å². The van der Waals surface area contributed by atoms with Crippen LogP contribution in [0, 0.1) is 0 Å². The second-order valence-electron chi connectivity index (χ2n) is 8.57. The maximum atomic E-state index is 12.8. The molecule has 0 atom stereocenters. The third kappa shape index (κ3) is 5.54. The van der Waals surface area contributed by atoms with Crippen LogP contribution in [0.3, 0.4) is 0 Å². The molecule has 36 heavy (non-hydrogen) atoms. The van der Waals surface area contributed by atoms with Crippen LogP contribution in [0.2, 0.25) is 0 Å². The molecule has 2 heterocycles. The number of nitrogens with two attached hydrogens (primary N) is 1. The van der Waals surface area contributed by atoms with Crippen LogP contribution in [0.5, 0.6) is 0 Å². The lowest BCUT2D eigenvalue weighted by atomic mass is 9.98. The number of aromatic nitrogens is 1. The summed E-state index contributed by atoms with van der Waals surface area (Å²) in [7, 11) is 0. The Morgan fingerprint density at radius 3 is 2.39 bits per heavy atom. The number of nitrogens with zero attached hydrogens (tertiary/aromatic N) is 2. The molecule has 5 rings (SSSR count). The molecule has 2 amide bonds. The number of morpholine rings is 1. The Morgan fingerprint density at radius 1 is 0.972 bits per heavy atom. The fourth-order valence-electron chi connectivity index (χ4n) is 4.27. The highest BCUT2D eigenvalue weighted by atomic mass is 79.9. The van der Waals surface area contributed by atoms with Crippen LogP contribution in [0.25, 0.3) is 21.9 Å². The molecule has 7 nitrogen and oxygen atoms in total. The topological polar surface area (TPSA) is 92.5 Å². The van der Waals surface area contributed by atoms with E-state index in [0.29, 0.717) is 20.3 Å². The maximum Gasteiger partial charge on any atom is 0.323 e. The highest BCUT2D eigenvalue weighted by Gasteiger charge is 2.14. The van der Waals surface area contributed by atoms with E-state index in [2.05, 4.69) is 65.6 Å². The molecule has 0 aliphatic carbocycles. The van der Waals surface area contributed by atoms with Gasteiger partial charge in [-0.2, -0.15) is 0 Å². The van der Waals surface area contributed by atoms with E-state index in [4.69, 9.17) is 15.5 Å². The number of rotatable bonds is 5. The number of carbonyl (C=O) groups excluding carboxylic acids is 1. The molecule has 0 radical (unpaired) electrons. The molecular weight excluding hydrogens is 586 g/mol. The highest BCUT2D eigenvalue weighted by Crippen LogP contribution is 2.34. The summed E-state index contributed by atoms with van der Waals surface area (Å²) >= 11 is 6.81. The van der Waals surface area contributed by atoms with Crippen LogP contribution in [0.15, 0.2) is 75.8 Å². The zero-order valence-electron chi connectivity index (χ0n) is 19.4. The molecular formula is C27H25Br2N5O2. The molecule has 0 unspecified atom stereocenters. The van der Waals surface area contributed by atoms with Gasteiger partial charge in [-0.15, -0.1) is 0 Å². The van der Waals surface area contributed by atoms with Gasteiger partial charge < -0.3 is 21.1 Å². The van der Waals surface area contributed by atoms with Crippen molar-refractivity contribution in [2.45, 2.75) is 6.54 Å². The molecule has 0 saturated carbocycles. The summed E-state index contributed by atoms with van der Waals surface area (Å²) in [6, 6.07) is 19.4. The number of hydrogen-bond donors (Lipinski definition) is 3.